The zero-order valence-corrected chi connectivity index (χ0v) is 18.0. The lowest BCUT2D eigenvalue weighted by molar-refractivity contribution is -0.385. The van der Waals surface area contributed by atoms with E-state index in [4.69, 9.17) is 9.47 Å². The van der Waals surface area contributed by atoms with Gasteiger partial charge in [0, 0.05) is 29.2 Å². The van der Waals surface area contributed by atoms with Crippen molar-refractivity contribution in [3.05, 3.63) is 79.2 Å². The molecule has 0 saturated carbocycles. The van der Waals surface area contributed by atoms with E-state index in [1.807, 2.05) is 0 Å². The smallest absolute Gasteiger partial charge is 0.311 e. The van der Waals surface area contributed by atoms with Crippen LogP contribution in [0.25, 0.3) is 11.0 Å². The highest BCUT2D eigenvalue weighted by Gasteiger charge is 2.23. The van der Waals surface area contributed by atoms with E-state index in [0.29, 0.717) is 0 Å². The van der Waals surface area contributed by atoms with Crippen molar-refractivity contribution in [3.8, 4) is 11.5 Å². The van der Waals surface area contributed by atoms with Gasteiger partial charge in [-0.15, -0.1) is 0 Å². The van der Waals surface area contributed by atoms with Crippen molar-refractivity contribution in [2.24, 2.45) is 0 Å². The van der Waals surface area contributed by atoms with Crippen LogP contribution in [0.1, 0.15) is 18.1 Å². The first-order valence-corrected chi connectivity index (χ1v) is 10.4. The molecule has 11 nitrogen and oxygen atoms in total. The number of carbonyl (C=O) groups excluding carboxylic acids is 1. The molecule has 0 aliphatic rings. The van der Waals surface area contributed by atoms with Crippen LogP contribution in [-0.2, 0) is 14.6 Å². The summed E-state index contributed by atoms with van der Waals surface area (Å²) < 4.78 is 35.7. The number of benzene rings is 2. The van der Waals surface area contributed by atoms with Gasteiger partial charge < -0.3 is 9.47 Å². The van der Waals surface area contributed by atoms with Gasteiger partial charge in [-0.25, -0.2) is 8.42 Å². The Balaban J connectivity index is 2.57. The van der Waals surface area contributed by atoms with Crippen molar-refractivity contribution in [3.63, 3.8) is 0 Å². The molecule has 2 aromatic rings. The lowest BCUT2D eigenvalue weighted by atomic mass is 10.1. The number of ketones is 1. The Morgan fingerprint density at radius 1 is 0.938 bits per heavy atom. The first kappa shape index (κ1) is 24.2. The molecule has 0 atom stereocenters. The van der Waals surface area contributed by atoms with E-state index >= 15 is 0 Å². The number of rotatable bonds is 9. The molecule has 0 aliphatic heterocycles. The van der Waals surface area contributed by atoms with Gasteiger partial charge in [0.15, 0.2) is 17.3 Å². The Morgan fingerprint density at radius 3 is 1.97 bits per heavy atom. The van der Waals surface area contributed by atoms with E-state index < -0.39 is 36.1 Å². The molecule has 12 heteroatoms. The molecule has 0 aromatic heterocycles. The summed E-state index contributed by atoms with van der Waals surface area (Å²) in [6, 6.07) is 7.31. The van der Waals surface area contributed by atoms with Gasteiger partial charge in [-0.1, -0.05) is 6.07 Å². The topological polar surface area (TPSA) is 156 Å². The molecule has 168 valence electrons. The summed E-state index contributed by atoms with van der Waals surface area (Å²) in [6.07, 6.45) is 1.94. The number of allylic oxidation sites excluding steroid dienone is 1. The predicted molar refractivity (Wildman–Crippen MR) is 116 cm³/mol. The molecule has 2 aromatic carbocycles. The first-order valence-electron chi connectivity index (χ1n) is 8.80. The van der Waals surface area contributed by atoms with Crippen molar-refractivity contribution in [2.75, 3.05) is 14.2 Å². The second-order valence-corrected chi connectivity index (χ2v) is 8.10. The van der Waals surface area contributed by atoms with Crippen LogP contribution in [0.4, 0.5) is 11.4 Å². The third kappa shape index (κ3) is 5.55. The summed E-state index contributed by atoms with van der Waals surface area (Å²) >= 11 is 0. The number of ether oxygens (including phenoxy) is 2. The zero-order chi connectivity index (χ0) is 24.1. The Morgan fingerprint density at radius 2 is 1.47 bits per heavy atom. The van der Waals surface area contributed by atoms with Gasteiger partial charge in [0.2, 0.25) is 9.84 Å². The third-order valence-corrected chi connectivity index (χ3v) is 5.60. The van der Waals surface area contributed by atoms with E-state index in [2.05, 4.69) is 0 Å². The standard InChI is InChI=1S/C20H18N2O9S/c1-13(23)10-20(15-5-7-19(31-3)17(12-15)22(26)27)32(28,29)9-8-14-4-6-18(30-2)16(11-14)21(24)25/h4-12H,1-3H3. The zero-order valence-electron chi connectivity index (χ0n) is 17.2. The van der Waals surface area contributed by atoms with Gasteiger partial charge in [0.05, 0.1) is 29.0 Å². The summed E-state index contributed by atoms with van der Waals surface area (Å²) in [5.41, 5.74) is -0.760. The highest BCUT2D eigenvalue weighted by molar-refractivity contribution is 8.03. The van der Waals surface area contributed by atoms with Crippen LogP contribution < -0.4 is 9.47 Å². The molecule has 0 aliphatic carbocycles. The van der Waals surface area contributed by atoms with Crippen LogP contribution in [0.15, 0.2) is 47.9 Å². The first-order chi connectivity index (χ1) is 15.0. The lowest BCUT2D eigenvalue weighted by Gasteiger charge is -2.08. The molecular weight excluding hydrogens is 444 g/mol. The van der Waals surface area contributed by atoms with Crippen molar-refractivity contribution in [1.82, 2.24) is 0 Å². The molecule has 0 unspecified atom stereocenters. The van der Waals surface area contributed by atoms with E-state index in [1.165, 1.54) is 38.5 Å². The average Bonchev–Trinajstić information content (AvgIpc) is 2.75. The van der Waals surface area contributed by atoms with Crippen LogP contribution >= 0.6 is 0 Å². The molecule has 0 radical (unpaired) electrons. The summed E-state index contributed by atoms with van der Waals surface area (Å²) in [7, 11) is -1.80. The Bertz CT molecular complexity index is 1250. The number of sulfone groups is 1. The van der Waals surface area contributed by atoms with Crippen molar-refractivity contribution in [1.29, 1.82) is 0 Å². The molecule has 0 fully saturated rings. The third-order valence-electron chi connectivity index (χ3n) is 4.14. The van der Waals surface area contributed by atoms with Gasteiger partial charge >= 0.3 is 11.4 Å². The molecule has 0 heterocycles. The van der Waals surface area contributed by atoms with E-state index in [9.17, 15) is 33.4 Å². The largest absolute Gasteiger partial charge is 0.490 e. The fraction of sp³-hybridized carbons (Fsp3) is 0.150. The number of nitro benzene ring substituents is 2. The second kappa shape index (κ2) is 9.83. The molecule has 0 bridgehead atoms. The number of nitro groups is 2. The van der Waals surface area contributed by atoms with Gasteiger partial charge in [0.25, 0.3) is 0 Å². The fourth-order valence-corrected chi connectivity index (χ4v) is 3.96. The molecule has 0 N–H and O–H groups in total. The average molecular weight is 462 g/mol. The van der Waals surface area contributed by atoms with Gasteiger partial charge in [-0.3, -0.25) is 25.0 Å². The maximum Gasteiger partial charge on any atom is 0.311 e. The summed E-state index contributed by atoms with van der Waals surface area (Å²) in [5.74, 6) is -0.687. The molecule has 2 rings (SSSR count). The Kier molecular flexibility index (Phi) is 7.44. The van der Waals surface area contributed by atoms with Crippen LogP contribution in [-0.4, -0.2) is 38.3 Å². The Labute approximate surface area is 182 Å². The monoisotopic (exact) mass is 462 g/mol. The van der Waals surface area contributed by atoms with E-state index in [1.54, 1.807) is 0 Å². The Hall–Kier alpha value is -4.06. The number of hydrogen-bond acceptors (Lipinski definition) is 9. The quantitative estimate of drug-likeness (QED) is 0.309. The summed E-state index contributed by atoms with van der Waals surface area (Å²) in [4.78, 5) is 32.2. The molecular formula is C20H18N2O9S. The maximum atomic E-state index is 13.0. The number of nitrogens with zero attached hydrogens (tertiary/aromatic N) is 2. The fourth-order valence-electron chi connectivity index (χ4n) is 2.70. The minimum absolute atomic E-state index is 0.00212. The normalized spacial score (nSPS) is 11.9. The van der Waals surface area contributed by atoms with E-state index in [0.717, 1.165) is 36.6 Å². The SMILES string of the molecule is COc1ccc(C=CS(=O)(=O)C(=CC(C)=O)c2ccc(OC)c([N+](=O)[O-])c2)cc1[N+](=O)[O-]. The van der Waals surface area contributed by atoms with Crippen LogP contribution in [0.3, 0.4) is 0 Å². The number of hydrogen-bond donors (Lipinski definition) is 0. The lowest BCUT2D eigenvalue weighted by Crippen LogP contribution is -2.03. The molecule has 0 spiro atoms. The van der Waals surface area contributed by atoms with Crippen molar-refractivity contribution < 1.29 is 32.5 Å². The van der Waals surface area contributed by atoms with Crippen molar-refractivity contribution >= 4 is 38.0 Å². The highest BCUT2D eigenvalue weighted by Crippen LogP contribution is 2.33. The molecule has 0 amide bonds. The van der Waals surface area contributed by atoms with E-state index in [-0.39, 0.29) is 28.3 Å². The van der Waals surface area contributed by atoms with Crippen molar-refractivity contribution in [2.45, 2.75) is 6.92 Å². The van der Waals surface area contributed by atoms with Gasteiger partial charge in [0.1, 0.15) is 0 Å². The summed E-state index contributed by atoms with van der Waals surface area (Å²) in [5, 5.41) is 23.2. The van der Waals surface area contributed by atoms with Crippen LogP contribution in [0, 0.1) is 20.2 Å². The van der Waals surface area contributed by atoms with Crippen LogP contribution in [0.2, 0.25) is 0 Å². The minimum atomic E-state index is -4.28. The second-order valence-electron chi connectivity index (χ2n) is 6.30. The van der Waals surface area contributed by atoms with Crippen LogP contribution in [0.5, 0.6) is 11.5 Å². The maximum absolute atomic E-state index is 13.0. The van der Waals surface area contributed by atoms with Gasteiger partial charge in [-0.05, 0) is 36.8 Å². The molecule has 0 saturated heterocycles. The predicted octanol–water partition coefficient (Wildman–Crippen LogP) is 3.54. The number of methoxy groups -OCH3 is 2. The number of carbonyl (C=O) groups is 1. The highest BCUT2D eigenvalue weighted by atomic mass is 32.2. The van der Waals surface area contributed by atoms with Gasteiger partial charge in [-0.2, -0.15) is 0 Å². The molecule has 32 heavy (non-hydrogen) atoms. The minimum Gasteiger partial charge on any atom is -0.490 e. The summed E-state index contributed by atoms with van der Waals surface area (Å²) in [6.45, 7) is 1.13.